The van der Waals surface area contributed by atoms with E-state index in [1.54, 1.807) is 12.0 Å². The van der Waals surface area contributed by atoms with Crippen LogP contribution in [0.2, 0.25) is 0 Å². The van der Waals surface area contributed by atoms with E-state index in [0.717, 1.165) is 24.5 Å². The number of nitrogens with one attached hydrogen (secondary N) is 3. The van der Waals surface area contributed by atoms with E-state index in [4.69, 9.17) is 17.0 Å². The summed E-state index contributed by atoms with van der Waals surface area (Å²) < 4.78 is 5.13. The quantitative estimate of drug-likeness (QED) is 0.670. The molecule has 0 bridgehead atoms. The third kappa shape index (κ3) is 6.31. The van der Waals surface area contributed by atoms with Crippen LogP contribution >= 0.6 is 12.2 Å². The summed E-state index contributed by atoms with van der Waals surface area (Å²) >= 11 is 5.32. The molecule has 0 spiro atoms. The summed E-state index contributed by atoms with van der Waals surface area (Å²) in [4.78, 5) is 1.58. The Bertz CT molecular complexity index is 424. The number of ether oxygens (including phenoxy) is 1. The van der Waals surface area contributed by atoms with Crippen LogP contribution in [-0.2, 0) is 0 Å². The lowest BCUT2D eigenvalue weighted by atomic mass is 10.2. The molecule has 0 saturated heterocycles. The zero-order valence-electron chi connectivity index (χ0n) is 13.7. The van der Waals surface area contributed by atoms with Crippen LogP contribution in [0.25, 0.3) is 0 Å². The summed E-state index contributed by atoms with van der Waals surface area (Å²) in [6.45, 7) is 10.9. The maximum absolute atomic E-state index is 5.32. The Morgan fingerprint density at radius 1 is 1.14 bits per heavy atom. The second-order valence-electron chi connectivity index (χ2n) is 5.74. The third-order valence-electron chi connectivity index (χ3n) is 3.53. The fourth-order valence-corrected chi connectivity index (χ4v) is 2.63. The van der Waals surface area contributed by atoms with Crippen molar-refractivity contribution in [2.45, 2.75) is 39.8 Å². The van der Waals surface area contributed by atoms with Crippen LogP contribution in [0.4, 0.5) is 5.69 Å². The van der Waals surface area contributed by atoms with Gasteiger partial charge in [-0.2, -0.15) is 0 Å². The molecule has 1 aromatic rings. The van der Waals surface area contributed by atoms with E-state index in [9.17, 15) is 0 Å². The molecule has 0 radical (unpaired) electrons. The molecule has 5 heteroatoms. The molecule has 0 saturated carbocycles. The van der Waals surface area contributed by atoms with Gasteiger partial charge in [-0.25, -0.2) is 0 Å². The Morgan fingerprint density at radius 3 is 2.19 bits per heavy atom. The number of rotatable bonds is 7. The minimum Gasteiger partial charge on any atom is -0.497 e. The van der Waals surface area contributed by atoms with E-state index < -0.39 is 0 Å². The highest BCUT2D eigenvalue weighted by atomic mass is 32.1. The molecule has 1 aromatic carbocycles. The molecule has 0 aliphatic rings. The topological polar surface area (TPSA) is 37.7 Å². The van der Waals surface area contributed by atoms with Crippen LogP contribution in [0.1, 0.15) is 27.7 Å². The van der Waals surface area contributed by atoms with Crippen molar-refractivity contribution in [2.75, 3.05) is 25.5 Å². The molecule has 118 valence electrons. The molecule has 0 aromatic heterocycles. The molecule has 0 unspecified atom stereocenters. The molecule has 0 amide bonds. The Labute approximate surface area is 133 Å². The maximum Gasteiger partial charge on any atom is 0.170 e. The van der Waals surface area contributed by atoms with Crippen molar-refractivity contribution >= 4 is 23.0 Å². The second kappa shape index (κ2) is 8.85. The largest absolute Gasteiger partial charge is 0.497 e. The Hall–Kier alpha value is -1.33. The number of hydrogen-bond donors (Lipinski definition) is 3. The van der Waals surface area contributed by atoms with Gasteiger partial charge in [0.15, 0.2) is 5.11 Å². The van der Waals surface area contributed by atoms with Gasteiger partial charge in [-0.1, -0.05) is 0 Å². The normalized spacial score (nSPS) is 11.0. The van der Waals surface area contributed by atoms with Gasteiger partial charge in [-0.05, 0) is 64.2 Å². The van der Waals surface area contributed by atoms with Gasteiger partial charge >= 0.3 is 0 Å². The van der Waals surface area contributed by atoms with Gasteiger partial charge < -0.3 is 20.3 Å². The van der Waals surface area contributed by atoms with Crippen LogP contribution in [0.15, 0.2) is 24.3 Å². The van der Waals surface area contributed by atoms with Crippen LogP contribution in [-0.4, -0.2) is 37.4 Å². The minimum absolute atomic E-state index is 0.620. The average molecular weight is 310 g/mol. The van der Waals surface area contributed by atoms with Gasteiger partial charge in [0.25, 0.3) is 0 Å². The molecule has 3 N–H and O–H groups in total. The Kier molecular flexibility index (Phi) is 7.47. The summed E-state index contributed by atoms with van der Waals surface area (Å²) in [5.41, 5.74) is 0.963. The first-order valence-corrected chi connectivity index (χ1v) is 7.89. The molecular formula is C16H28N3OS+. The van der Waals surface area contributed by atoms with Crippen molar-refractivity contribution in [1.82, 2.24) is 5.32 Å². The SMILES string of the molecule is COc1ccc(NC(=S)NCC[NH+](C(C)C)C(C)C)cc1. The third-order valence-corrected chi connectivity index (χ3v) is 3.78. The van der Waals surface area contributed by atoms with E-state index in [0.29, 0.717) is 17.2 Å². The predicted molar refractivity (Wildman–Crippen MR) is 93.3 cm³/mol. The molecule has 0 heterocycles. The molecule has 0 atom stereocenters. The molecule has 4 nitrogen and oxygen atoms in total. The summed E-state index contributed by atoms with van der Waals surface area (Å²) in [5, 5.41) is 7.11. The van der Waals surface area contributed by atoms with Crippen molar-refractivity contribution in [3.8, 4) is 5.75 Å². The summed E-state index contributed by atoms with van der Waals surface area (Å²) in [6.07, 6.45) is 0. The van der Waals surface area contributed by atoms with Crippen LogP contribution < -0.4 is 20.3 Å². The first kappa shape index (κ1) is 17.7. The highest BCUT2D eigenvalue weighted by Gasteiger charge is 2.16. The maximum atomic E-state index is 5.32. The van der Waals surface area contributed by atoms with Crippen molar-refractivity contribution in [3.63, 3.8) is 0 Å². The van der Waals surface area contributed by atoms with Crippen molar-refractivity contribution in [2.24, 2.45) is 0 Å². The van der Waals surface area contributed by atoms with Crippen LogP contribution in [0.5, 0.6) is 5.75 Å². The van der Waals surface area contributed by atoms with E-state index in [1.807, 2.05) is 24.3 Å². The second-order valence-corrected chi connectivity index (χ2v) is 6.15. The monoisotopic (exact) mass is 310 g/mol. The highest BCUT2D eigenvalue weighted by Crippen LogP contribution is 2.14. The molecule has 21 heavy (non-hydrogen) atoms. The van der Waals surface area contributed by atoms with Crippen molar-refractivity contribution in [1.29, 1.82) is 0 Å². The molecule has 0 fully saturated rings. The number of anilines is 1. The van der Waals surface area contributed by atoms with Crippen LogP contribution in [0.3, 0.4) is 0 Å². The molecule has 1 rings (SSSR count). The van der Waals surface area contributed by atoms with Gasteiger partial charge in [-0.3, -0.25) is 0 Å². The summed E-state index contributed by atoms with van der Waals surface area (Å²) in [6, 6.07) is 8.96. The fourth-order valence-electron chi connectivity index (χ4n) is 2.41. The summed E-state index contributed by atoms with van der Waals surface area (Å²) in [5.74, 6) is 0.840. The van der Waals surface area contributed by atoms with Gasteiger partial charge in [0.1, 0.15) is 5.75 Å². The smallest absolute Gasteiger partial charge is 0.170 e. The van der Waals surface area contributed by atoms with Crippen molar-refractivity contribution < 1.29 is 9.64 Å². The number of thiocarbonyl (C=S) groups is 1. The zero-order valence-corrected chi connectivity index (χ0v) is 14.5. The summed E-state index contributed by atoms with van der Waals surface area (Å²) in [7, 11) is 1.66. The van der Waals surface area contributed by atoms with E-state index in [2.05, 4.69) is 38.3 Å². The van der Waals surface area contributed by atoms with Gasteiger partial charge in [-0.15, -0.1) is 0 Å². The fraction of sp³-hybridized carbons (Fsp3) is 0.562. The number of benzene rings is 1. The average Bonchev–Trinajstić information content (AvgIpc) is 2.43. The number of quaternary nitrogens is 1. The van der Waals surface area contributed by atoms with E-state index >= 15 is 0 Å². The van der Waals surface area contributed by atoms with E-state index in [1.165, 1.54) is 0 Å². The number of methoxy groups -OCH3 is 1. The Morgan fingerprint density at radius 2 is 1.71 bits per heavy atom. The molecule has 0 aliphatic carbocycles. The first-order chi connectivity index (χ1) is 9.93. The standard InChI is InChI=1S/C16H27N3OS/c1-12(2)19(13(3)4)11-10-17-16(21)18-14-6-8-15(20-5)9-7-14/h6-9,12-13H,10-11H2,1-5H3,(H2,17,18,21)/p+1. The minimum atomic E-state index is 0.620. The highest BCUT2D eigenvalue weighted by molar-refractivity contribution is 7.80. The van der Waals surface area contributed by atoms with E-state index in [-0.39, 0.29) is 0 Å². The van der Waals surface area contributed by atoms with Gasteiger partial charge in [0.05, 0.1) is 32.3 Å². The molecule has 0 aliphatic heterocycles. The lowest BCUT2D eigenvalue weighted by Gasteiger charge is -2.27. The van der Waals surface area contributed by atoms with Crippen molar-refractivity contribution in [3.05, 3.63) is 24.3 Å². The zero-order chi connectivity index (χ0) is 15.8. The van der Waals surface area contributed by atoms with Gasteiger partial charge in [0.2, 0.25) is 0 Å². The number of hydrogen-bond acceptors (Lipinski definition) is 2. The van der Waals surface area contributed by atoms with Gasteiger partial charge in [0, 0.05) is 5.69 Å². The van der Waals surface area contributed by atoms with Crippen LogP contribution in [0, 0.1) is 0 Å². The predicted octanol–water partition coefficient (Wildman–Crippen LogP) is 1.68. The molecular weight excluding hydrogens is 282 g/mol. The lowest BCUT2D eigenvalue weighted by Crippen LogP contribution is -3.18. The lowest BCUT2D eigenvalue weighted by molar-refractivity contribution is -0.941. The Balaban J connectivity index is 2.36. The first-order valence-electron chi connectivity index (χ1n) is 7.48.